The first-order valence-corrected chi connectivity index (χ1v) is 12.3. The molecule has 2 aliphatic rings. The van der Waals surface area contributed by atoms with Crippen LogP contribution in [0.3, 0.4) is 0 Å². The minimum absolute atomic E-state index is 0.0733. The number of likely N-dealkylation sites (N-methyl/N-ethyl adjacent to an activating group) is 1. The molecule has 1 amide bonds. The molecule has 0 radical (unpaired) electrons. The molecule has 3 aromatic carbocycles. The molecular weight excluding hydrogens is 420 g/mol. The van der Waals surface area contributed by atoms with Crippen molar-refractivity contribution >= 4 is 17.3 Å². The van der Waals surface area contributed by atoms with E-state index in [0.29, 0.717) is 17.4 Å². The second-order valence-corrected chi connectivity index (χ2v) is 9.77. The predicted octanol–water partition coefficient (Wildman–Crippen LogP) is 4.88. The summed E-state index contributed by atoms with van der Waals surface area (Å²) in [5, 5.41) is 3.04. The topological polar surface area (TPSA) is 61.6 Å². The lowest BCUT2D eigenvalue weighted by Crippen LogP contribution is -2.44. The number of carbonyl (C=O) groups excluding carboxylic acids is 1. The molecule has 5 rings (SSSR count). The lowest BCUT2D eigenvalue weighted by Gasteiger charge is -2.34. The first-order valence-electron chi connectivity index (χ1n) is 12.3. The summed E-state index contributed by atoms with van der Waals surface area (Å²) >= 11 is 0. The number of carbonyl (C=O) groups is 1. The lowest BCUT2D eigenvalue weighted by molar-refractivity contribution is 0.102. The highest BCUT2D eigenvalue weighted by atomic mass is 16.1. The van der Waals surface area contributed by atoms with Gasteiger partial charge in [-0.05, 0) is 79.3 Å². The average molecular weight is 455 g/mol. The van der Waals surface area contributed by atoms with Crippen LogP contribution in [0.5, 0.6) is 0 Å². The number of hydrogen-bond donors (Lipinski definition) is 2. The van der Waals surface area contributed by atoms with Crippen LogP contribution >= 0.6 is 0 Å². The molecule has 1 aliphatic carbocycles. The fourth-order valence-electron chi connectivity index (χ4n) is 4.98. The zero-order chi connectivity index (χ0) is 23.5. The smallest absolute Gasteiger partial charge is 0.255 e. The molecule has 0 bridgehead atoms. The maximum atomic E-state index is 12.7. The van der Waals surface area contributed by atoms with Gasteiger partial charge in [0.2, 0.25) is 0 Å². The lowest BCUT2D eigenvalue weighted by atomic mass is 9.99. The second kappa shape index (κ2) is 10.00. The van der Waals surface area contributed by atoms with Crippen LogP contribution in [0.4, 0.5) is 11.4 Å². The van der Waals surface area contributed by atoms with Gasteiger partial charge in [0.1, 0.15) is 0 Å². The number of benzene rings is 3. The Morgan fingerprint density at radius 1 is 0.941 bits per heavy atom. The molecule has 176 valence electrons. The van der Waals surface area contributed by atoms with Crippen LogP contribution in [0, 0.1) is 5.92 Å². The monoisotopic (exact) mass is 454 g/mol. The number of piperazine rings is 1. The SMILES string of the molecule is CN1CCN(c2ccc(C(=O)Nc3ccc(C4CC4CC(N)c4ccccc4)cc3)cc2)CC1. The van der Waals surface area contributed by atoms with E-state index in [1.165, 1.54) is 23.2 Å². The minimum atomic E-state index is -0.0733. The van der Waals surface area contributed by atoms with E-state index in [1.54, 1.807) is 0 Å². The molecule has 3 N–H and O–H groups in total. The van der Waals surface area contributed by atoms with Crippen molar-refractivity contribution in [1.29, 1.82) is 0 Å². The highest BCUT2D eigenvalue weighted by Gasteiger charge is 2.39. The molecule has 3 atom stereocenters. The normalized spacial score (nSPS) is 21.2. The maximum Gasteiger partial charge on any atom is 0.255 e. The van der Waals surface area contributed by atoms with Gasteiger partial charge in [0.05, 0.1) is 0 Å². The van der Waals surface area contributed by atoms with Gasteiger partial charge in [-0.15, -0.1) is 0 Å². The fraction of sp³-hybridized carbons (Fsp3) is 0.345. The van der Waals surface area contributed by atoms with Crippen LogP contribution in [-0.2, 0) is 0 Å². The number of amides is 1. The zero-order valence-corrected chi connectivity index (χ0v) is 19.9. The van der Waals surface area contributed by atoms with Gasteiger partial charge in [-0.3, -0.25) is 4.79 Å². The Balaban J connectivity index is 1.13. The van der Waals surface area contributed by atoms with E-state index in [1.807, 2.05) is 30.3 Å². The standard InChI is InChI=1S/C29H34N4O/c1-32-15-17-33(18-16-32)26-13-9-23(10-14-26)29(34)31-25-11-7-21(8-12-25)27-19-24(27)20-28(30)22-5-3-2-4-6-22/h2-14,24,27-28H,15-20,30H2,1H3,(H,31,34). The maximum absolute atomic E-state index is 12.7. The predicted molar refractivity (Wildman–Crippen MR) is 139 cm³/mol. The van der Waals surface area contributed by atoms with Crippen LogP contribution in [0.25, 0.3) is 0 Å². The number of nitrogens with zero attached hydrogens (tertiary/aromatic N) is 2. The molecule has 3 unspecified atom stereocenters. The second-order valence-electron chi connectivity index (χ2n) is 9.77. The van der Waals surface area contributed by atoms with Crippen LogP contribution in [-0.4, -0.2) is 44.0 Å². The third kappa shape index (κ3) is 5.32. The number of nitrogens with one attached hydrogen (secondary N) is 1. The van der Waals surface area contributed by atoms with Gasteiger partial charge in [0.25, 0.3) is 5.91 Å². The van der Waals surface area contributed by atoms with Crippen molar-refractivity contribution in [3.8, 4) is 0 Å². The summed E-state index contributed by atoms with van der Waals surface area (Å²) in [7, 11) is 2.15. The Kier molecular flexibility index (Phi) is 6.66. The Bertz CT molecular complexity index is 1090. The third-order valence-electron chi connectivity index (χ3n) is 7.30. The van der Waals surface area contributed by atoms with Crippen LogP contribution in [0.1, 0.15) is 46.3 Å². The van der Waals surface area contributed by atoms with Crippen molar-refractivity contribution < 1.29 is 4.79 Å². The molecule has 2 fully saturated rings. The quantitative estimate of drug-likeness (QED) is 0.534. The van der Waals surface area contributed by atoms with E-state index in [4.69, 9.17) is 5.73 Å². The van der Waals surface area contributed by atoms with Gasteiger partial charge < -0.3 is 20.9 Å². The number of anilines is 2. The molecule has 0 spiro atoms. The number of nitrogens with two attached hydrogens (primary N) is 1. The Hall–Kier alpha value is -3.15. The van der Waals surface area contributed by atoms with Gasteiger partial charge in [-0.2, -0.15) is 0 Å². The summed E-state index contributed by atoms with van der Waals surface area (Å²) in [6, 6.07) is 26.7. The van der Waals surface area contributed by atoms with Crippen molar-refractivity contribution in [2.24, 2.45) is 11.7 Å². The van der Waals surface area contributed by atoms with Gasteiger partial charge in [-0.25, -0.2) is 0 Å². The fourth-order valence-corrected chi connectivity index (χ4v) is 4.98. The molecule has 1 aliphatic heterocycles. The zero-order valence-electron chi connectivity index (χ0n) is 19.9. The Morgan fingerprint density at radius 2 is 1.62 bits per heavy atom. The highest BCUT2D eigenvalue weighted by Crippen LogP contribution is 2.51. The van der Waals surface area contributed by atoms with Crippen LogP contribution in [0.2, 0.25) is 0 Å². The summed E-state index contributed by atoms with van der Waals surface area (Å²) in [6.45, 7) is 4.18. The van der Waals surface area contributed by atoms with Crippen LogP contribution < -0.4 is 16.0 Å². The van der Waals surface area contributed by atoms with Crippen molar-refractivity contribution in [3.63, 3.8) is 0 Å². The number of rotatable bonds is 7. The van der Waals surface area contributed by atoms with Crippen molar-refractivity contribution in [1.82, 2.24) is 4.90 Å². The van der Waals surface area contributed by atoms with Gasteiger partial charge >= 0.3 is 0 Å². The molecule has 1 saturated heterocycles. The molecule has 1 heterocycles. The Labute approximate surface area is 202 Å². The van der Waals surface area contributed by atoms with E-state index in [2.05, 4.69) is 70.7 Å². The average Bonchev–Trinajstić information content (AvgIpc) is 3.64. The molecule has 3 aromatic rings. The van der Waals surface area contributed by atoms with Gasteiger partial charge in [-0.1, -0.05) is 42.5 Å². The van der Waals surface area contributed by atoms with Crippen molar-refractivity contribution in [3.05, 3.63) is 95.6 Å². The summed E-state index contributed by atoms with van der Waals surface area (Å²) in [6.07, 6.45) is 2.20. The highest BCUT2D eigenvalue weighted by molar-refractivity contribution is 6.04. The minimum Gasteiger partial charge on any atom is -0.369 e. The number of hydrogen-bond acceptors (Lipinski definition) is 4. The summed E-state index contributed by atoms with van der Waals surface area (Å²) < 4.78 is 0. The van der Waals surface area contributed by atoms with E-state index in [-0.39, 0.29) is 11.9 Å². The van der Waals surface area contributed by atoms with Crippen molar-refractivity contribution in [2.45, 2.75) is 24.8 Å². The van der Waals surface area contributed by atoms with E-state index >= 15 is 0 Å². The molecule has 1 saturated carbocycles. The summed E-state index contributed by atoms with van der Waals surface area (Å²) in [5.74, 6) is 1.13. The molecular formula is C29H34N4O. The van der Waals surface area contributed by atoms with E-state index in [0.717, 1.165) is 38.3 Å². The van der Waals surface area contributed by atoms with E-state index in [9.17, 15) is 4.79 Å². The molecule has 5 heteroatoms. The van der Waals surface area contributed by atoms with E-state index < -0.39 is 0 Å². The first kappa shape index (κ1) is 22.6. The molecule has 34 heavy (non-hydrogen) atoms. The molecule has 0 aromatic heterocycles. The van der Waals surface area contributed by atoms with Crippen molar-refractivity contribution in [2.75, 3.05) is 43.4 Å². The summed E-state index contributed by atoms with van der Waals surface area (Å²) in [5.41, 5.74) is 11.6. The van der Waals surface area contributed by atoms with Gasteiger partial charge in [0, 0.05) is 49.2 Å². The Morgan fingerprint density at radius 3 is 2.29 bits per heavy atom. The first-order chi connectivity index (χ1) is 16.6. The van der Waals surface area contributed by atoms with Crippen LogP contribution in [0.15, 0.2) is 78.9 Å². The molecule has 5 nitrogen and oxygen atoms in total. The van der Waals surface area contributed by atoms with Gasteiger partial charge in [0.15, 0.2) is 0 Å². The largest absolute Gasteiger partial charge is 0.369 e. The third-order valence-corrected chi connectivity index (χ3v) is 7.30. The summed E-state index contributed by atoms with van der Waals surface area (Å²) in [4.78, 5) is 17.5.